The molecule has 0 radical (unpaired) electrons. The van der Waals surface area contributed by atoms with Gasteiger partial charge in [0.15, 0.2) is 11.0 Å². The second kappa shape index (κ2) is 5.77. The van der Waals surface area contributed by atoms with E-state index in [4.69, 9.17) is 9.47 Å². The Bertz CT molecular complexity index is 654. The highest BCUT2D eigenvalue weighted by Gasteiger charge is 2.29. The van der Waals surface area contributed by atoms with Crippen LogP contribution in [0.4, 0.5) is 0 Å². The van der Waals surface area contributed by atoms with Crippen LogP contribution in [0.5, 0.6) is 5.75 Å². The Labute approximate surface area is 126 Å². The summed E-state index contributed by atoms with van der Waals surface area (Å²) in [5.74, 6) is 1.38. The van der Waals surface area contributed by atoms with Crippen molar-refractivity contribution in [3.63, 3.8) is 0 Å². The first kappa shape index (κ1) is 13.9. The molecule has 6 nitrogen and oxygen atoms in total. The molecule has 2 aromatic rings. The van der Waals surface area contributed by atoms with Crippen LogP contribution in [0.1, 0.15) is 6.42 Å². The van der Waals surface area contributed by atoms with Gasteiger partial charge in [-0.05, 0) is 24.3 Å². The molecule has 1 saturated heterocycles. The summed E-state index contributed by atoms with van der Waals surface area (Å²) in [6.07, 6.45) is 0.716. The van der Waals surface area contributed by atoms with E-state index in [0.29, 0.717) is 18.2 Å². The van der Waals surface area contributed by atoms with Crippen molar-refractivity contribution in [2.75, 3.05) is 13.7 Å². The molecule has 0 N–H and O–H groups in total. The number of carbonyl (C=O) groups is 1. The van der Waals surface area contributed by atoms with E-state index in [-0.39, 0.29) is 11.2 Å². The van der Waals surface area contributed by atoms with Crippen molar-refractivity contribution in [1.82, 2.24) is 14.8 Å². The highest BCUT2D eigenvalue weighted by Crippen LogP contribution is 2.30. The van der Waals surface area contributed by atoms with Gasteiger partial charge in [0.1, 0.15) is 11.0 Å². The summed E-state index contributed by atoms with van der Waals surface area (Å²) >= 11 is 1.40. The quantitative estimate of drug-likeness (QED) is 0.804. The normalized spacial score (nSPS) is 17.8. The van der Waals surface area contributed by atoms with Gasteiger partial charge in [-0.3, -0.25) is 4.79 Å². The van der Waals surface area contributed by atoms with Gasteiger partial charge in [-0.25, -0.2) is 0 Å². The lowest BCUT2D eigenvalue weighted by Gasteiger charge is -2.06. The van der Waals surface area contributed by atoms with Crippen molar-refractivity contribution < 1.29 is 14.3 Å². The maximum Gasteiger partial charge on any atom is 0.319 e. The zero-order valence-corrected chi connectivity index (χ0v) is 12.6. The molecule has 21 heavy (non-hydrogen) atoms. The molecule has 0 amide bonds. The second-order valence-electron chi connectivity index (χ2n) is 4.66. The lowest BCUT2D eigenvalue weighted by Crippen LogP contribution is -2.10. The Balaban J connectivity index is 1.82. The predicted octanol–water partition coefficient (Wildman–Crippen LogP) is 1.90. The zero-order valence-electron chi connectivity index (χ0n) is 11.8. The molecule has 1 atom stereocenters. The lowest BCUT2D eigenvalue weighted by atomic mass is 10.2. The molecule has 2 heterocycles. The Morgan fingerprint density at radius 3 is 2.71 bits per heavy atom. The maximum atomic E-state index is 11.5. The second-order valence-corrected chi connectivity index (χ2v) is 5.83. The average molecular weight is 305 g/mol. The molecule has 7 heteroatoms. The number of methoxy groups -OCH3 is 1. The monoisotopic (exact) mass is 305 g/mol. The number of cyclic esters (lactones) is 1. The first-order valence-corrected chi connectivity index (χ1v) is 7.44. The van der Waals surface area contributed by atoms with Gasteiger partial charge in [-0.1, -0.05) is 11.8 Å². The largest absolute Gasteiger partial charge is 0.497 e. The van der Waals surface area contributed by atoms with E-state index >= 15 is 0 Å². The molecule has 0 spiro atoms. The van der Waals surface area contributed by atoms with E-state index in [1.165, 1.54) is 11.8 Å². The van der Waals surface area contributed by atoms with Crippen LogP contribution in [0.25, 0.3) is 11.4 Å². The van der Waals surface area contributed by atoms with Crippen LogP contribution >= 0.6 is 11.8 Å². The first-order valence-electron chi connectivity index (χ1n) is 6.56. The molecule has 0 saturated carbocycles. The number of hydrogen-bond donors (Lipinski definition) is 0. The molecule has 0 bridgehead atoms. The predicted molar refractivity (Wildman–Crippen MR) is 78.2 cm³/mol. The molecular formula is C14H15N3O3S. The molecule has 0 aliphatic carbocycles. The molecule has 1 aromatic carbocycles. The summed E-state index contributed by atoms with van der Waals surface area (Å²) in [5.41, 5.74) is 0.951. The van der Waals surface area contributed by atoms with E-state index < -0.39 is 0 Å². The van der Waals surface area contributed by atoms with Gasteiger partial charge in [-0.15, -0.1) is 10.2 Å². The van der Waals surface area contributed by atoms with Gasteiger partial charge in [0, 0.05) is 19.0 Å². The third kappa shape index (κ3) is 2.73. The van der Waals surface area contributed by atoms with Gasteiger partial charge in [-0.2, -0.15) is 0 Å². The number of rotatable bonds is 4. The maximum absolute atomic E-state index is 11.5. The summed E-state index contributed by atoms with van der Waals surface area (Å²) in [4.78, 5) is 11.5. The van der Waals surface area contributed by atoms with Crippen molar-refractivity contribution >= 4 is 17.7 Å². The van der Waals surface area contributed by atoms with E-state index in [1.807, 2.05) is 35.9 Å². The number of ether oxygens (including phenoxy) is 2. The summed E-state index contributed by atoms with van der Waals surface area (Å²) < 4.78 is 12.0. The van der Waals surface area contributed by atoms with Crippen LogP contribution in [0, 0.1) is 0 Å². The standard InChI is InChI=1S/C14H15N3O3S/c1-17-12(9-3-5-10(19-2)6-4-9)15-16-14(17)21-11-7-8-20-13(11)18/h3-6,11H,7-8H2,1-2H3/t11-/m1/s1. The van der Waals surface area contributed by atoms with Crippen LogP contribution in [0.3, 0.4) is 0 Å². The summed E-state index contributed by atoms with van der Waals surface area (Å²) in [6.45, 7) is 0.486. The summed E-state index contributed by atoms with van der Waals surface area (Å²) in [5, 5.41) is 8.91. The Kier molecular flexibility index (Phi) is 3.83. The Hall–Kier alpha value is -2.02. The molecule has 1 aliphatic rings. The molecular weight excluding hydrogens is 290 g/mol. The molecule has 3 rings (SSSR count). The fraction of sp³-hybridized carbons (Fsp3) is 0.357. The van der Waals surface area contributed by atoms with Crippen LogP contribution in [0.2, 0.25) is 0 Å². The molecule has 1 aliphatic heterocycles. The van der Waals surface area contributed by atoms with Crippen molar-refractivity contribution in [3.05, 3.63) is 24.3 Å². The summed E-state index contributed by atoms with van der Waals surface area (Å²) in [7, 11) is 3.52. The third-order valence-electron chi connectivity index (χ3n) is 3.32. The third-order valence-corrected chi connectivity index (χ3v) is 4.60. The molecule has 1 fully saturated rings. The SMILES string of the molecule is COc1ccc(-c2nnc(S[C@@H]3CCOC3=O)n2C)cc1. The van der Waals surface area contributed by atoms with Gasteiger partial charge in [0.25, 0.3) is 0 Å². The van der Waals surface area contributed by atoms with E-state index in [9.17, 15) is 4.79 Å². The topological polar surface area (TPSA) is 66.2 Å². The van der Waals surface area contributed by atoms with Crippen LogP contribution in [-0.4, -0.2) is 39.7 Å². The number of thioether (sulfide) groups is 1. The first-order chi connectivity index (χ1) is 10.2. The van der Waals surface area contributed by atoms with Crippen molar-refractivity contribution in [2.45, 2.75) is 16.8 Å². The smallest absolute Gasteiger partial charge is 0.319 e. The molecule has 0 unspecified atom stereocenters. The van der Waals surface area contributed by atoms with Gasteiger partial charge in [0.2, 0.25) is 0 Å². The average Bonchev–Trinajstić information content (AvgIpc) is 3.07. The van der Waals surface area contributed by atoms with Gasteiger partial charge < -0.3 is 14.0 Å². The minimum atomic E-state index is -0.184. The van der Waals surface area contributed by atoms with Crippen LogP contribution in [-0.2, 0) is 16.6 Å². The van der Waals surface area contributed by atoms with Gasteiger partial charge >= 0.3 is 5.97 Å². The number of nitrogens with zero attached hydrogens (tertiary/aromatic N) is 3. The zero-order chi connectivity index (χ0) is 14.8. The number of hydrogen-bond acceptors (Lipinski definition) is 6. The van der Waals surface area contributed by atoms with Crippen LogP contribution in [0.15, 0.2) is 29.4 Å². The minimum absolute atomic E-state index is 0.172. The fourth-order valence-electron chi connectivity index (χ4n) is 2.12. The number of aromatic nitrogens is 3. The van der Waals surface area contributed by atoms with Crippen molar-refractivity contribution in [3.8, 4) is 17.1 Å². The fourth-order valence-corrected chi connectivity index (χ4v) is 3.09. The highest BCUT2D eigenvalue weighted by molar-refractivity contribution is 8.00. The highest BCUT2D eigenvalue weighted by atomic mass is 32.2. The molecule has 110 valence electrons. The Morgan fingerprint density at radius 2 is 2.10 bits per heavy atom. The van der Waals surface area contributed by atoms with Crippen molar-refractivity contribution in [1.29, 1.82) is 0 Å². The number of benzene rings is 1. The minimum Gasteiger partial charge on any atom is -0.497 e. The number of esters is 1. The van der Waals surface area contributed by atoms with Crippen molar-refractivity contribution in [2.24, 2.45) is 7.05 Å². The Morgan fingerprint density at radius 1 is 1.33 bits per heavy atom. The van der Waals surface area contributed by atoms with Crippen LogP contribution < -0.4 is 4.74 Å². The lowest BCUT2D eigenvalue weighted by molar-refractivity contribution is -0.137. The van der Waals surface area contributed by atoms with E-state index in [0.717, 1.165) is 17.1 Å². The van der Waals surface area contributed by atoms with Gasteiger partial charge in [0.05, 0.1) is 13.7 Å². The van der Waals surface area contributed by atoms with E-state index in [1.54, 1.807) is 7.11 Å². The van der Waals surface area contributed by atoms with E-state index in [2.05, 4.69) is 10.2 Å². The molecule has 1 aromatic heterocycles. The number of carbonyl (C=O) groups excluding carboxylic acids is 1. The summed E-state index contributed by atoms with van der Waals surface area (Å²) in [6, 6.07) is 7.62.